The summed E-state index contributed by atoms with van der Waals surface area (Å²) in [6, 6.07) is 15.0. The fraction of sp³-hybridized carbons (Fsp3) is 0.423. The van der Waals surface area contributed by atoms with Crippen molar-refractivity contribution in [3.05, 3.63) is 54.1 Å². The quantitative estimate of drug-likeness (QED) is 0.708. The Hall–Kier alpha value is -3.23. The molecule has 8 nitrogen and oxygen atoms in total. The molecule has 0 spiro atoms. The Morgan fingerprint density at radius 3 is 2.15 bits per heavy atom. The lowest BCUT2D eigenvalue weighted by atomic mass is 9.87. The minimum Gasteiger partial charge on any atom is -0.380 e. The van der Waals surface area contributed by atoms with Crippen molar-refractivity contribution in [3.8, 4) is 11.1 Å². The molecular weight excluding hydrogens is 434 g/mol. The SMILES string of the molecule is CC1(C(=O)Nc2cccc(-c3ccc(C(=O)N4CCN(C(=O)C5(O)CC5)CC4)cc3)c2)COC1. The number of hydrogen-bond donors (Lipinski definition) is 2. The van der Waals surface area contributed by atoms with Crippen LogP contribution >= 0.6 is 0 Å². The lowest BCUT2D eigenvalue weighted by Gasteiger charge is -2.36. The number of rotatable bonds is 5. The van der Waals surface area contributed by atoms with Crippen molar-refractivity contribution in [2.45, 2.75) is 25.4 Å². The summed E-state index contributed by atoms with van der Waals surface area (Å²) >= 11 is 0. The first-order valence-corrected chi connectivity index (χ1v) is 11.7. The number of hydrogen-bond acceptors (Lipinski definition) is 5. The number of nitrogens with one attached hydrogen (secondary N) is 1. The van der Waals surface area contributed by atoms with Gasteiger partial charge in [-0.1, -0.05) is 24.3 Å². The van der Waals surface area contributed by atoms with Crippen molar-refractivity contribution >= 4 is 23.4 Å². The second-order valence-electron chi connectivity index (χ2n) is 9.78. The minimum absolute atomic E-state index is 0.0510. The van der Waals surface area contributed by atoms with E-state index in [1.165, 1.54) is 0 Å². The van der Waals surface area contributed by atoms with Gasteiger partial charge in [-0.3, -0.25) is 14.4 Å². The molecule has 2 aromatic rings. The van der Waals surface area contributed by atoms with Gasteiger partial charge in [0.25, 0.3) is 11.8 Å². The van der Waals surface area contributed by atoms with Gasteiger partial charge in [0.2, 0.25) is 5.91 Å². The first-order valence-electron chi connectivity index (χ1n) is 11.7. The molecule has 3 amide bonds. The van der Waals surface area contributed by atoms with Crippen molar-refractivity contribution in [2.24, 2.45) is 5.41 Å². The highest BCUT2D eigenvalue weighted by Gasteiger charge is 2.50. The van der Waals surface area contributed by atoms with E-state index in [1.54, 1.807) is 21.9 Å². The monoisotopic (exact) mass is 463 g/mol. The average Bonchev–Trinajstić information content (AvgIpc) is 3.60. The molecule has 1 aliphatic carbocycles. The molecule has 2 aromatic carbocycles. The highest BCUT2D eigenvalue weighted by molar-refractivity contribution is 5.97. The number of carbonyl (C=O) groups is 3. The Morgan fingerprint density at radius 2 is 1.56 bits per heavy atom. The van der Waals surface area contributed by atoms with E-state index < -0.39 is 11.0 Å². The molecule has 3 aliphatic rings. The Kier molecular flexibility index (Phi) is 5.65. The molecule has 2 aliphatic heterocycles. The van der Waals surface area contributed by atoms with Gasteiger partial charge in [-0.15, -0.1) is 0 Å². The number of piperazine rings is 1. The number of anilines is 1. The van der Waals surface area contributed by atoms with Crippen molar-refractivity contribution in [3.63, 3.8) is 0 Å². The van der Waals surface area contributed by atoms with Gasteiger partial charge in [-0.05, 0) is 55.2 Å². The van der Waals surface area contributed by atoms with Crippen LogP contribution in [0, 0.1) is 5.41 Å². The van der Waals surface area contributed by atoms with E-state index in [9.17, 15) is 19.5 Å². The van der Waals surface area contributed by atoms with Crippen molar-refractivity contribution in [2.75, 3.05) is 44.7 Å². The van der Waals surface area contributed by atoms with Crippen molar-refractivity contribution < 1.29 is 24.2 Å². The standard InChI is InChI=1S/C26H29N3O5/c1-25(16-34-17-25)23(31)27-21-4-2-3-20(15-21)18-5-7-19(8-6-18)22(30)28-11-13-29(14-12-28)24(32)26(33)9-10-26/h2-8,15,33H,9-14,16-17H2,1H3,(H,27,31). The van der Waals surface area contributed by atoms with E-state index in [2.05, 4.69) is 5.32 Å². The topological polar surface area (TPSA) is 99.2 Å². The van der Waals surface area contributed by atoms with E-state index in [4.69, 9.17) is 4.74 Å². The molecule has 0 aromatic heterocycles. The Bertz CT molecular complexity index is 1110. The first-order chi connectivity index (χ1) is 16.3. The molecular formula is C26H29N3O5. The summed E-state index contributed by atoms with van der Waals surface area (Å²) in [5.74, 6) is -0.330. The summed E-state index contributed by atoms with van der Waals surface area (Å²) < 4.78 is 5.18. The largest absolute Gasteiger partial charge is 0.380 e. The molecule has 5 rings (SSSR count). The summed E-state index contributed by atoms with van der Waals surface area (Å²) in [6.45, 7) is 4.54. The van der Waals surface area contributed by atoms with Crippen LogP contribution in [0.2, 0.25) is 0 Å². The predicted octanol–water partition coefficient (Wildman–Crippen LogP) is 2.14. The number of ether oxygens (including phenoxy) is 1. The number of benzene rings is 2. The molecule has 3 fully saturated rings. The smallest absolute Gasteiger partial charge is 0.254 e. The van der Waals surface area contributed by atoms with Gasteiger partial charge in [0, 0.05) is 37.4 Å². The van der Waals surface area contributed by atoms with Crippen molar-refractivity contribution in [1.82, 2.24) is 9.80 Å². The van der Waals surface area contributed by atoms with Crippen LogP contribution in [0.1, 0.15) is 30.1 Å². The zero-order valence-corrected chi connectivity index (χ0v) is 19.3. The minimum atomic E-state index is -1.16. The second kappa shape index (κ2) is 8.52. The highest BCUT2D eigenvalue weighted by Crippen LogP contribution is 2.37. The van der Waals surface area contributed by atoms with Gasteiger partial charge in [-0.2, -0.15) is 0 Å². The molecule has 34 heavy (non-hydrogen) atoms. The lowest BCUT2D eigenvalue weighted by molar-refractivity contribution is -0.151. The van der Waals surface area contributed by atoms with Crippen LogP contribution in [0.3, 0.4) is 0 Å². The molecule has 2 heterocycles. The van der Waals surface area contributed by atoms with Crippen LogP contribution in [0.25, 0.3) is 11.1 Å². The second-order valence-corrected chi connectivity index (χ2v) is 9.78. The average molecular weight is 464 g/mol. The Labute approximate surface area is 198 Å². The third-order valence-electron chi connectivity index (χ3n) is 6.95. The maximum absolute atomic E-state index is 13.0. The van der Waals surface area contributed by atoms with Crippen LogP contribution in [0.4, 0.5) is 5.69 Å². The number of amides is 3. The van der Waals surface area contributed by atoms with Crippen molar-refractivity contribution in [1.29, 1.82) is 0 Å². The maximum atomic E-state index is 13.0. The summed E-state index contributed by atoms with van der Waals surface area (Å²) in [4.78, 5) is 41.1. The zero-order chi connectivity index (χ0) is 23.9. The molecule has 0 radical (unpaired) electrons. The molecule has 8 heteroatoms. The summed E-state index contributed by atoms with van der Waals surface area (Å²) in [5.41, 5.74) is 1.56. The third-order valence-corrected chi connectivity index (χ3v) is 6.95. The van der Waals surface area contributed by atoms with Crippen LogP contribution in [-0.2, 0) is 14.3 Å². The molecule has 2 N–H and O–H groups in total. The Morgan fingerprint density at radius 1 is 0.912 bits per heavy atom. The fourth-order valence-electron chi connectivity index (χ4n) is 4.32. The first kappa shape index (κ1) is 22.6. The zero-order valence-electron chi connectivity index (χ0n) is 19.3. The number of carbonyl (C=O) groups excluding carboxylic acids is 3. The van der Waals surface area contributed by atoms with Crippen LogP contribution in [0.15, 0.2) is 48.5 Å². The van der Waals surface area contributed by atoms with Gasteiger partial charge in [0.05, 0.1) is 18.6 Å². The van der Waals surface area contributed by atoms with E-state index in [0.29, 0.717) is 57.8 Å². The molecule has 178 valence electrons. The summed E-state index contributed by atoms with van der Waals surface area (Å²) in [6.07, 6.45) is 1.06. The van der Waals surface area contributed by atoms with Crippen LogP contribution in [-0.4, -0.2) is 77.6 Å². The van der Waals surface area contributed by atoms with Crippen LogP contribution < -0.4 is 5.32 Å². The molecule has 0 unspecified atom stereocenters. The number of nitrogens with zero attached hydrogens (tertiary/aromatic N) is 2. The third kappa shape index (κ3) is 4.31. The molecule has 2 saturated heterocycles. The summed E-state index contributed by atoms with van der Waals surface area (Å²) in [5, 5.41) is 13.0. The van der Waals surface area contributed by atoms with E-state index >= 15 is 0 Å². The predicted molar refractivity (Wildman–Crippen MR) is 126 cm³/mol. The van der Waals surface area contributed by atoms with Crippen LogP contribution in [0.5, 0.6) is 0 Å². The molecule has 0 atom stereocenters. The van der Waals surface area contributed by atoms with Gasteiger partial charge < -0.3 is 25.0 Å². The van der Waals surface area contributed by atoms with E-state index in [0.717, 1.165) is 16.8 Å². The number of aliphatic hydroxyl groups is 1. The summed E-state index contributed by atoms with van der Waals surface area (Å²) in [7, 11) is 0. The maximum Gasteiger partial charge on any atom is 0.254 e. The van der Waals surface area contributed by atoms with Gasteiger partial charge in [0.15, 0.2) is 0 Å². The molecule has 0 bridgehead atoms. The fourth-order valence-corrected chi connectivity index (χ4v) is 4.32. The normalized spacial score (nSPS) is 20.3. The lowest BCUT2D eigenvalue weighted by Crippen LogP contribution is -2.53. The van der Waals surface area contributed by atoms with Gasteiger partial charge in [-0.25, -0.2) is 0 Å². The van der Waals surface area contributed by atoms with E-state index in [-0.39, 0.29) is 17.7 Å². The highest BCUT2D eigenvalue weighted by atomic mass is 16.5. The van der Waals surface area contributed by atoms with Gasteiger partial charge >= 0.3 is 0 Å². The Balaban J connectivity index is 1.20. The molecule has 1 saturated carbocycles. The van der Waals surface area contributed by atoms with Gasteiger partial charge in [0.1, 0.15) is 5.60 Å². The van der Waals surface area contributed by atoms with E-state index in [1.807, 2.05) is 43.3 Å².